The SMILES string of the molecule is CCCCOc1ccc(C(=O)OCC(=O)NC(=O)NCCOC)cc1OC. The number of ether oxygens (including phenoxy) is 4. The lowest BCUT2D eigenvalue weighted by atomic mass is 10.2. The molecular formula is C18H26N2O7. The van der Waals surface area contributed by atoms with Crippen molar-refractivity contribution in [1.29, 1.82) is 0 Å². The Hall–Kier alpha value is -2.81. The molecule has 0 radical (unpaired) electrons. The van der Waals surface area contributed by atoms with Gasteiger partial charge >= 0.3 is 12.0 Å². The minimum absolute atomic E-state index is 0.201. The minimum atomic E-state index is -0.746. The molecule has 0 fully saturated rings. The molecule has 0 heterocycles. The van der Waals surface area contributed by atoms with E-state index in [-0.39, 0.29) is 12.1 Å². The number of imide groups is 1. The van der Waals surface area contributed by atoms with Crippen LogP contribution < -0.4 is 20.1 Å². The van der Waals surface area contributed by atoms with Gasteiger partial charge in [0, 0.05) is 13.7 Å². The maximum absolute atomic E-state index is 12.1. The average molecular weight is 382 g/mol. The standard InChI is InChI=1S/C18H26N2O7/c1-4-5-9-26-14-7-6-13(11-15(14)25-3)17(22)27-12-16(21)20-18(23)19-8-10-24-2/h6-7,11H,4-5,8-10,12H2,1-3H3,(H2,19,20,21,23). The Labute approximate surface area is 158 Å². The number of methoxy groups -OCH3 is 2. The van der Waals surface area contributed by atoms with Crippen molar-refractivity contribution in [3.8, 4) is 11.5 Å². The molecule has 0 aromatic heterocycles. The highest BCUT2D eigenvalue weighted by Crippen LogP contribution is 2.28. The van der Waals surface area contributed by atoms with E-state index in [0.29, 0.717) is 24.7 Å². The summed E-state index contributed by atoms with van der Waals surface area (Å²) in [5.41, 5.74) is 0.201. The van der Waals surface area contributed by atoms with Gasteiger partial charge < -0.3 is 24.3 Å². The van der Waals surface area contributed by atoms with Crippen LogP contribution in [0.2, 0.25) is 0 Å². The summed E-state index contributed by atoms with van der Waals surface area (Å²) < 4.78 is 20.5. The first-order valence-corrected chi connectivity index (χ1v) is 8.56. The van der Waals surface area contributed by atoms with Crippen molar-refractivity contribution < 1.29 is 33.3 Å². The van der Waals surface area contributed by atoms with E-state index in [1.165, 1.54) is 26.4 Å². The van der Waals surface area contributed by atoms with Crippen LogP contribution in [0.25, 0.3) is 0 Å². The number of carbonyl (C=O) groups excluding carboxylic acids is 3. The molecule has 9 nitrogen and oxygen atoms in total. The Morgan fingerprint density at radius 1 is 1.07 bits per heavy atom. The van der Waals surface area contributed by atoms with Crippen molar-refractivity contribution >= 4 is 17.9 Å². The number of esters is 1. The van der Waals surface area contributed by atoms with Gasteiger partial charge in [-0.15, -0.1) is 0 Å². The lowest BCUT2D eigenvalue weighted by molar-refractivity contribution is -0.123. The number of amides is 3. The van der Waals surface area contributed by atoms with Gasteiger partial charge in [0.1, 0.15) is 0 Å². The largest absolute Gasteiger partial charge is 0.493 e. The molecule has 9 heteroatoms. The van der Waals surface area contributed by atoms with Crippen molar-refractivity contribution in [1.82, 2.24) is 10.6 Å². The van der Waals surface area contributed by atoms with E-state index in [4.69, 9.17) is 18.9 Å². The number of hydrogen-bond acceptors (Lipinski definition) is 7. The monoisotopic (exact) mass is 382 g/mol. The van der Waals surface area contributed by atoms with Gasteiger partial charge in [0.05, 0.1) is 25.9 Å². The Morgan fingerprint density at radius 2 is 1.85 bits per heavy atom. The predicted octanol–water partition coefficient (Wildman–Crippen LogP) is 1.50. The summed E-state index contributed by atoms with van der Waals surface area (Å²) in [6, 6.07) is 3.90. The van der Waals surface area contributed by atoms with Crippen LogP contribution in [0, 0.1) is 0 Å². The van der Waals surface area contributed by atoms with Crippen molar-refractivity contribution in [2.24, 2.45) is 0 Å². The average Bonchev–Trinajstić information content (AvgIpc) is 2.66. The van der Waals surface area contributed by atoms with E-state index >= 15 is 0 Å². The fraction of sp³-hybridized carbons (Fsp3) is 0.500. The smallest absolute Gasteiger partial charge is 0.338 e. The summed E-state index contributed by atoms with van der Waals surface area (Å²) in [4.78, 5) is 35.1. The molecule has 0 saturated carbocycles. The van der Waals surface area contributed by atoms with Gasteiger partial charge in [-0.3, -0.25) is 10.1 Å². The number of rotatable bonds is 11. The Bertz CT molecular complexity index is 634. The fourth-order valence-electron chi connectivity index (χ4n) is 1.93. The maximum Gasteiger partial charge on any atom is 0.338 e. The van der Waals surface area contributed by atoms with E-state index in [1.54, 1.807) is 6.07 Å². The number of hydrogen-bond donors (Lipinski definition) is 2. The van der Waals surface area contributed by atoms with Gasteiger partial charge in [0.25, 0.3) is 5.91 Å². The van der Waals surface area contributed by atoms with Crippen LogP contribution in [0.5, 0.6) is 11.5 Å². The first-order chi connectivity index (χ1) is 13.0. The van der Waals surface area contributed by atoms with Crippen molar-refractivity contribution in [3.63, 3.8) is 0 Å². The lowest BCUT2D eigenvalue weighted by Gasteiger charge is -2.12. The number of nitrogens with one attached hydrogen (secondary N) is 2. The molecule has 0 atom stereocenters. The molecule has 150 valence electrons. The van der Waals surface area contributed by atoms with Crippen LogP contribution in [0.15, 0.2) is 18.2 Å². The van der Waals surface area contributed by atoms with Crippen LogP contribution in [0.3, 0.4) is 0 Å². The Balaban J connectivity index is 2.51. The summed E-state index contributed by atoms with van der Waals surface area (Å²) in [5, 5.41) is 4.45. The second kappa shape index (κ2) is 12.5. The van der Waals surface area contributed by atoms with Gasteiger partial charge in [-0.25, -0.2) is 9.59 Å². The Morgan fingerprint density at radius 3 is 2.52 bits per heavy atom. The summed E-state index contributed by atoms with van der Waals surface area (Å²) >= 11 is 0. The highest BCUT2D eigenvalue weighted by atomic mass is 16.5. The topological polar surface area (TPSA) is 112 Å². The van der Waals surface area contributed by atoms with E-state index in [0.717, 1.165) is 12.8 Å². The fourth-order valence-corrected chi connectivity index (χ4v) is 1.93. The highest BCUT2D eigenvalue weighted by Gasteiger charge is 2.15. The van der Waals surface area contributed by atoms with Crippen LogP contribution in [-0.4, -0.2) is 58.5 Å². The number of urea groups is 1. The number of unbranched alkanes of at least 4 members (excludes halogenated alkanes) is 1. The molecule has 0 saturated heterocycles. The molecule has 0 aliphatic carbocycles. The molecule has 0 bridgehead atoms. The van der Waals surface area contributed by atoms with E-state index in [9.17, 15) is 14.4 Å². The van der Waals surface area contributed by atoms with E-state index in [1.807, 2.05) is 5.32 Å². The molecule has 3 amide bonds. The quantitative estimate of drug-likeness (QED) is 0.440. The van der Waals surface area contributed by atoms with Gasteiger partial charge in [-0.2, -0.15) is 0 Å². The van der Waals surface area contributed by atoms with Crippen LogP contribution in [0.1, 0.15) is 30.1 Å². The highest BCUT2D eigenvalue weighted by molar-refractivity contribution is 5.97. The zero-order valence-corrected chi connectivity index (χ0v) is 15.8. The third-order valence-corrected chi connectivity index (χ3v) is 3.33. The summed E-state index contributed by atoms with van der Waals surface area (Å²) in [6.45, 7) is 2.58. The van der Waals surface area contributed by atoms with Crippen molar-refractivity contribution in [3.05, 3.63) is 23.8 Å². The van der Waals surface area contributed by atoms with Gasteiger partial charge in [-0.05, 0) is 24.6 Å². The predicted molar refractivity (Wildman–Crippen MR) is 97.1 cm³/mol. The van der Waals surface area contributed by atoms with Gasteiger partial charge in [0.15, 0.2) is 18.1 Å². The van der Waals surface area contributed by atoms with Crippen LogP contribution in [-0.2, 0) is 14.3 Å². The van der Waals surface area contributed by atoms with Crippen molar-refractivity contribution in [2.75, 3.05) is 40.6 Å². The maximum atomic E-state index is 12.1. The Kier molecular flexibility index (Phi) is 10.3. The zero-order chi connectivity index (χ0) is 20.1. The van der Waals surface area contributed by atoms with E-state index in [2.05, 4.69) is 12.2 Å². The molecule has 1 rings (SSSR count). The van der Waals surface area contributed by atoms with Gasteiger partial charge in [-0.1, -0.05) is 13.3 Å². The number of benzene rings is 1. The molecule has 27 heavy (non-hydrogen) atoms. The van der Waals surface area contributed by atoms with Crippen LogP contribution in [0.4, 0.5) is 4.79 Å². The van der Waals surface area contributed by atoms with Crippen LogP contribution >= 0.6 is 0 Å². The van der Waals surface area contributed by atoms with Gasteiger partial charge in [0.2, 0.25) is 0 Å². The third kappa shape index (κ3) is 8.41. The number of carbonyl (C=O) groups is 3. The van der Waals surface area contributed by atoms with Crippen molar-refractivity contribution in [2.45, 2.75) is 19.8 Å². The molecule has 0 aliphatic rings. The molecule has 1 aromatic rings. The second-order valence-electron chi connectivity index (χ2n) is 5.44. The summed E-state index contributed by atoms with van der Waals surface area (Å²) in [6.07, 6.45) is 1.90. The molecule has 0 aliphatic heterocycles. The lowest BCUT2D eigenvalue weighted by Crippen LogP contribution is -2.42. The molecule has 1 aromatic carbocycles. The first-order valence-electron chi connectivity index (χ1n) is 8.56. The minimum Gasteiger partial charge on any atom is -0.493 e. The molecule has 0 spiro atoms. The molecule has 0 unspecified atom stereocenters. The normalized spacial score (nSPS) is 10.0. The zero-order valence-electron chi connectivity index (χ0n) is 15.8. The molecule has 2 N–H and O–H groups in total. The van der Waals surface area contributed by atoms with E-state index < -0.39 is 24.5 Å². The molecular weight excluding hydrogens is 356 g/mol. The summed E-state index contributed by atoms with van der Waals surface area (Å²) in [5.74, 6) is -0.552. The first kappa shape index (κ1) is 22.2. The third-order valence-electron chi connectivity index (χ3n) is 3.33. The second-order valence-corrected chi connectivity index (χ2v) is 5.44. The summed E-state index contributed by atoms with van der Waals surface area (Å²) in [7, 11) is 2.95.